The molecule has 4 nitrogen and oxygen atoms in total. The van der Waals surface area contributed by atoms with Crippen molar-refractivity contribution >= 4 is 33.3 Å². The Hall–Kier alpha value is -2.01. The first kappa shape index (κ1) is 13.0. The molecule has 0 aliphatic carbocycles. The van der Waals surface area contributed by atoms with E-state index in [9.17, 15) is 9.59 Å². The first-order valence-electron chi connectivity index (χ1n) is 6.22. The zero-order valence-electron chi connectivity index (χ0n) is 10.5. The summed E-state index contributed by atoms with van der Waals surface area (Å²) in [5.41, 5.74) is 2.23. The van der Waals surface area contributed by atoms with Crippen LogP contribution in [0.4, 0.5) is 5.69 Å². The Bertz CT molecular complexity index is 686. The molecule has 1 amide bonds. The van der Waals surface area contributed by atoms with E-state index in [1.165, 1.54) is 0 Å². The van der Waals surface area contributed by atoms with E-state index >= 15 is 0 Å². The highest BCUT2D eigenvalue weighted by Gasteiger charge is 2.36. The lowest BCUT2D eigenvalue weighted by atomic mass is 10.1. The largest absolute Gasteiger partial charge is 0.303 e. The summed E-state index contributed by atoms with van der Waals surface area (Å²) in [6.07, 6.45) is 4.12. The number of hydrogen-bond donors (Lipinski definition) is 0. The number of Topliss-reactive ketones (excluding diaryl/α,β-unsaturated/α-hetero) is 1. The monoisotopic (exact) mass is 330 g/mol. The Morgan fingerprint density at radius 3 is 2.60 bits per heavy atom. The number of hydrogen-bond acceptors (Lipinski definition) is 3. The molecule has 0 radical (unpaired) electrons. The fourth-order valence-corrected chi connectivity index (χ4v) is 2.90. The number of anilines is 1. The number of nitrogens with zero attached hydrogens (tertiary/aromatic N) is 2. The van der Waals surface area contributed by atoms with E-state index in [0.29, 0.717) is 24.2 Å². The van der Waals surface area contributed by atoms with E-state index in [-0.39, 0.29) is 0 Å². The van der Waals surface area contributed by atoms with Crippen molar-refractivity contribution in [3.8, 4) is 0 Å². The predicted molar refractivity (Wildman–Crippen MR) is 78.8 cm³/mol. The summed E-state index contributed by atoms with van der Waals surface area (Å²) >= 11 is 3.41. The van der Waals surface area contributed by atoms with Crippen LogP contribution in [-0.4, -0.2) is 23.2 Å². The van der Waals surface area contributed by atoms with Crippen molar-refractivity contribution in [3.63, 3.8) is 0 Å². The van der Waals surface area contributed by atoms with Crippen LogP contribution in [0.2, 0.25) is 0 Å². The minimum absolute atomic E-state index is 0.434. The Balaban J connectivity index is 1.88. The van der Waals surface area contributed by atoms with Crippen molar-refractivity contribution < 1.29 is 9.59 Å². The fraction of sp³-hybridized carbons (Fsp3) is 0.133. The third-order valence-electron chi connectivity index (χ3n) is 3.31. The summed E-state index contributed by atoms with van der Waals surface area (Å²) in [5.74, 6) is -0.892. The Labute approximate surface area is 124 Å². The van der Waals surface area contributed by atoms with E-state index in [1.807, 2.05) is 18.2 Å². The van der Waals surface area contributed by atoms with Gasteiger partial charge in [-0.25, -0.2) is 0 Å². The number of aromatic nitrogens is 1. The SMILES string of the molecule is O=C1C(=O)N(CCc2ccncc2)c2c(Br)cccc21. The molecule has 0 atom stereocenters. The van der Waals surface area contributed by atoms with Crippen LogP contribution >= 0.6 is 15.9 Å². The highest BCUT2D eigenvalue weighted by Crippen LogP contribution is 2.35. The fourth-order valence-electron chi connectivity index (χ4n) is 2.32. The van der Waals surface area contributed by atoms with Gasteiger partial charge < -0.3 is 4.90 Å². The van der Waals surface area contributed by atoms with Gasteiger partial charge in [0.2, 0.25) is 0 Å². The third-order valence-corrected chi connectivity index (χ3v) is 3.95. The molecule has 1 aromatic carbocycles. The molecule has 0 unspecified atom stereocenters. The minimum atomic E-state index is -0.457. The average molecular weight is 331 g/mol. The van der Waals surface area contributed by atoms with Gasteiger partial charge in [-0.2, -0.15) is 0 Å². The highest BCUT2D eigenvalue weighted by molar-refractivity contribution is 9.10. The number of benzene rings is 1. The Kier molecular flexibility index (Phi) is 3.36. The minimum Gasteiger partial charge on any atom is -0.303 e. The van der Waals surface area contributed by atoms with Crippen LogP contribution in [0.25, 0.3) is 0 Å². The van der Waals surface area contributed by atoms with Crippen LogP contribution in [0.15, 0.2) is 47.2 Å². The standard InChI is InChI=1S/C15H11BrN2O2/c16-12-3-1-2-11-13(12)18(15(20)14(11)19)9-6-10-4-7-17-8-5-10/h1-5,7-8H,6,9H2. The second-order valence-corrected chi connectivity index (χ2v) is 5.38. The zero-order chi connectivity index (χ0) is 14.1. The number of carbonyl (C=O) groups excluding carboxylic acids is 2. The summed E-state index contributed by atoms with van der Waals surface area (Å²) in [4.78, 5) is 29.5. The van der Waals surface area contributed by atoms with Crippen LogP contribution in [0.1, 0.15) is 15.9 Å². The van der Waals surface area contributed by atoms with Crippen LogP contribution in [0.3, 0.4) is 0 Å². The van der Waals surface area contributed by atoms with Gasteiger partial charge in [0.05, 0.1) is 11.3 Å². The maximum Gasteiger partial charge on any atom is 0.299 e. The number of fused-ring (bicyclic) bond motifs is 1. The first-order chi connectivity index (χ1) is 9.68. The zero-order valence-corrected chi connectivity index (χ0v) is 12.1. The lowest BCUT2D eigenvalue weighted by Crippen LogP contribution is -2.31. The highest BCUT2D eigenvalue weighted by atomic mass is 79.9. The van der Waals surface area contributed by atoms with E-state index in [2.05, 4.69) is 20.9 Å². The van der Waals surface area contributed by atoms with E-state index in [1.54, 1.807) is 29.4 Å². The molecule has 0 fully saturated rings. The van der Waals surface area contributed by atoms with Crippen molar-refractivity contribution in [2.75, 3.05) is 11.4 Å². The number of halogens is 1. The lowest BCUT2D eigenvalue weighted by Gasteiger charge is -2.17. The smallest absolute Gasteiger partial charge is 0.299 e. The van der Waals surface area contributed by atoms with Crippen LogP contribution in [0, 0.1) is 0 Å². The van der Waals surface area contributed by atoms with Gasteiger partial charge in [-0.1, -0.05) is 6.07 Å². The van der Waals surface area contributed by atoms with Gasteiger partial charge in [0, 0.05) is 23.4 Å². The number of carbonyl (C=O) groups is 2. The molecule has 0 saturated carbocycles. The van der Waals surface area contributed by atoms with Gasteiger partial charge in [0.15, 0.2) is 0 Å². The van der Waals surface area contributed by atoms with Crippen LogP contribution in [-0.2, 0) is 11.2 Å². The normalized spacial score (nSPS) is 13.8. The molecule has 1 aliphatic heterocycles. The second-order valence-electron chi connectivity index (χ2n) is 4.53. The number of amides is 1. The molecule has 3 rings (SSSR count). The summed E-state index contributed by atoms with van der Waals surface area (Å²) in [7, 11) is 0. The molecule has 0 N–H and O–H groups in total. The molecule has 0 bridgehead atoms. The van der Waals surface area contributed by atoms with Gasteiger partial charge in [-0.05, 0) is 52.2 Å². The van der Waals surface area contributed by atoms with Gasteiger partial charge >= 0.3 is 0 Å². The quantitative estimate of drug-likeness (QED) is 0.813. The Morgan fingerprint density at radius 1 is 1.10 bits per heavy atom. The molecule has 20 heavy (non-hydrogen) atoms. The van der Waals surface area contributed by atoms with Crippen LogP contribution in [0.5, 0.6) is 0 Å². The maximum absolute atomic E-state index is 12.1. The maximum atomic E-state index is 12.1. The van der Waals surface area contributed by atoms with Gasteiger partial charge in [0.1, 0.15) is 0 Å². The van der Waals surface area contributed by atoms with Gasteiger partial charge in [0.25, 0.3) is 11.7 Å². The molecule has 1 aromatic heterocycles. The summed E-state index contributed by atoms with van der Waals surface area (Å²) in [6.45, 7) is 0.476. The summed E-state index contributed by atoms with van der Waals surface area (Å²) < 4.78 is 0.768. The second kappa shape index (κ2) is 5.17. The molecule has 1 aliphatic rings. The van der Waals surface area contributed by atoms with E-state index in [4.69, 9.17) is 0 Å². The van der Waals surface area contributed by atoms with Crippen molar-refractivity contribution in [1.29, 1.82) is 0 Å². The molecule has 0 spiro atoms. The number of ketones is 1. The molecule has 5 heteroatoms. The summed E-state index contributed by atoms with van der Waals surface area (Å²) in [5, 5.41) is 0. The molecular formula is C15H11BrN2O2. The lowest BCUT2D eigenvalue weighted by molar-refractivity contribution is -0.114. The van der Waals surface area contributed by atoms with Gasteiger partial charge in [-0.15, -0.1) is 0 Å². The van der Waals surface area contributed by atoms with Crippen molar-refractivity contribution in [2.24, 2.45) is 0 Å². The van der Waals surface area contributed by atoms with Crippen molar-refractivity contribution in [3.05, 3.63) is 58.3 Å². The predicted octanol–water partition coefficient (Wildman–Crippen LogP) is 2.62. The number of rotatable bonds is 3. The number of pyridine rings is 1. The molecule has 2 heterocycles. The molecular weight excluding hydrogens is 320 g/mol. The van der Waals surface area contributed by atoms with Gasteiger partial charge in [-0.3, -0.25) is 14.6 Å². The first-order valence-corrected chi connectivity index (χ1v) is 7.01. The van der Waals surface area contributed by atoms with Crippen molar-refractivity contribution in [2.45, 2.75) is 6.42 Å². The Morgan fingerprint density at radius 2 is 1.85 bits per heavy atom. The molecule has 2 aromatic rings. The van der Waals surface area contributed by atoms with E-state index in [0.717, 1.165) is 10.0 Å². The number of para-hydroxylation sites is 1. The molecule has 100 valence electrons. The average Bonchev–Trinajstić information content (AvgIpc) is 2.72. The van der Waals surface area contributed by atoms with E-state index < -0.39 is 11.7 Å². The third kappa shape index (κ3) is 2.14. The van der Waals surface area contributed by atoms with Crippen LogP contribution < -0.4 is 4.90 Å². The van der Waals surface area contributed by atoms with Crippen molar-refractivity contribution in [1.82, 2.24) is 4.98 Å². The molecule has 0 saturated heterocycles. The topological polar surface area (TPSA) is 50.3 Å². The summed E-state index contributed by atoms with van der Waals surface area (Å²) in [6, 6.07) is 9.10.